The monoisotopic (exact) mass is 221 g/mol. The van der Waals surface area contributed by atoms with Crippen LogP contribution in [0, 0.1) is 0 Å². The number of fused-ring (bicyclic) bond motifs is 1. The van der Waals surface area contributed by atoms with E-state index in [1.165, 1.54) is 0 Å². The van der Waals surface area contributed by atoms with E-state index in [0.29, 0.717) is 17.3 Å². The molecule has 8 heteroatoms. The number of anilines is 2. The average molecular weight is 221 g/mol. The third kappa shape index (κ3) is 1.86. The summed E-state index contributed by atoms with van der Waals surface area (Å²) in [6.45, 7) is -0.0104. The molecule has 2 heterocycles. The van der Waals surface area contributed by atoms with Gasteiger partial charge in [-0.1, -0.05) is 0 Å². The van der Waals surface area contributed by atoms with Crippen molar-refractivity contribution in [3.8, 4) is 0 Å². The number of nitrogens with one attached hydrogen (secondary N) is 2. The van der Waals surface area contributed by atoms with Crippen molar-refractivity contribution in [2.24, 2.45) is 11.6 Å². The minimum absolute atomic E-state index is 0.0104. The number of carbonyl (C=O) groups excluding carboxylic acids is 1. The number of imidazole rings is 1. The Morgan fingerprint density at radius 1 is 1.56 bits per heavy atom. The summed E-state index contributed by atoms with van der Waals surface area (Å²) in [7, 11) is 0. The lowest BCUT2D eigenvalue weighted by Gasteiger charge is -2.07. The van der Waals surface area contributed by atoms with E-state index in [4.69, 9.17) is 11.6 Å². The molecule has 2 rings (SSSR count). The Morgan fingerprint density at radius 2 is 2.38 bits per heavy atom. The number of nitrogens with two attached hydrogens (primary N) is 2. The fourth-order valence-corrected chi connectivity index (χ4v) is 1.29. The van der Waals surface area contributed by atoms with Crippen LogP contribution in [0.5, 0.6) is 0 Å². The van der Waals surface area contributed by atoms with E-state index in [2.05, 4.69) is 20.7 Å². The molecule has 0 aliphatic carbocycles. The van der Waals surface area contributed by atoms with Gasteiger partial charge in [0.15, 0.2) is 17.3 Å². The number of primary amides is 1. The summed E-state index contributed by atoms with van der Waals surface area (Å²) in [5, 5.41) is 2.78. The van der Waals surface area contributed by atoms with Crippen LogP contribution in [0.1, 0.15) is 0 Å². The molecule has 0 spiro atoms. The van der Waals surface area contributed by atoms with Gasteiger partial charge in [0.1, 0.15) is 0 Å². The van der Waals surface area contributed by atoms with Gasteiger partial charge < -0.3 is 20.9 Å². The minimum atomic E-state index is -0.474. The summed E-state index contributed by atoms with van der Waals surface area (Å²) in [4.78, 5) is 18.9. The van der Waals surface area contributed by atoms with E-state index in [9.17, 15) is 4.79 Å². The molecule has 16 heavy (non-hydrogen) atoms. The molecule has 6 N–H and O–H groups in total. The zero-order chi connectivity index (χ0) is 11.5. The quantitative estimate of drug-likeness (QED) is 0.384. The molecule has 1 amide bonds. The molecule has 0 radical (unpaired) electrons. The molecule has 0 saturated heterocycles. The minimum Gasteiger partial charge on any atom is -0.368 e. The maximum absolute atomic E-state index is 10.7. The molecule has 0 aliphatic rings. The van der Waals surface area contributed by atoms with Crippen LogP contribution in [0.15, 0.2) is 18.6 Å². The second-order valence-corrected chi connectivity index (χ2v) is 3.10. The van der Waals surface area contributed by atoms with Crippen LogP contribution in [0.3, 0.4) is 0 Å². The van der Waals surface area contributed by atoms with Gasteiger partial charge in [0.2, 0.25) is 5.91 Å². The predicted octanol–water partition coefficient (Wildman–Crippen LogP) is -1.09. The van der Waals surface area contributed by atoms with Crippen molar-refractivity contribution in [1.82, 2.24) is 14.4 Å². The van der Waals surface area contributed by atoms with Crippen LogP contribution >= 0.6 is 0 Å². The Kier molecular flexibility index (Phi) is 2.56. The number of nitrogen functional groups attached to an aromatic ring is 1. The molecular weight excluding hydrogens is 210 g/mol. The van der Waals surface area contributed by atoms with E-state index in [1.54, 1.807) is 23.0 Å². The number of carbonyl (C=O) groups is 1. The van der Waals surface area contributed by atoms with E-state index in [0.717, 1.165) is 0 Å². The lowest BCUT2D eigenvalue weighted by Crippen LogP contribution is -2.23. The van der Waals surface area contributed by atoms with E-state index < -0.39 is 5.91 Å². The first-order valence-corrected chi connectivity index (χ1v) is 4.53. The van der Waals surface area contributed by atoms with Gasteiger partial charge in [-0.2, -0.15) is 0 Å². The van der Waals surface area contributed by atoms with Crippen LogP contribution in [0.25, 0.3) is 5.65 Å². The smallest absolute Gasteiger partial charge is 0.236 e. The largest absolute Gasteiger partial charge is 0.368 e. The molecule has 0 fully saturated rings. The van der Waals surface area contributed by atoms with Crippen LogP contribution in [-0.4, -0.2) is 26.8 Å². The SMILES string of the molecule is NNc1cn2ccnc2c(NCC(N)=O)n1. The molecular formula is C8H11N7O. The zero-order valence-corrected chi connectivity index (χ0v) is 8.34. The zero-order valence-electron chi connectivity index (χ0n) is 8.34. The second-order valence-electron chi connectivity index (χ2n) is 3.10. The van der Waals surface area contributed by atoms with Crippen molar-refractivity contribution in [2.45, 2.75) is 0 Å². The fourth-order valence-electron chi connectivity index (χ4n) is 1.29. The molecule has 0 unspecified atom stereocenters. The first-order chi connectivity index (χ1) is 7.70. The van der Waals surface area contributed by atoms with Crippen molar-refractivity contribution >= 4 is 23.2 Å². The van der Waals surface area contributed by atoms with Gasteiger partial charge in [-0.3, -0.25) is 4.79 Å². The number of nitrogens with zero attached hydrogens (tertiary/aromatic N) is 3. The molecule has 0 aromatic carbocycles. The van der Waals surface area contributed by atoms with E-state index in [1.807, 2.05) is 0 Å². The summed E-state index contributed by atoms with van der Waals surface area (Å²) in [6.07, 6.45) is 5.04. The number of rotatable bonds is 4. The van der Waals surface area contributed by atoms with Crippen molar-refractivity contribution < 1.29 is 4.79 Å². The Balaban J connectivity index is 2.40. The van der Waals surface area contributed by atoms with Gasteiger partial charge in [0.25, 0.3) is 0 Å². The summed E-state index contributed by atoms with van der Waals surface area (Å²) < 4.78 is 1.73. The van der Waals surface area contributed by atoms with Crippen molar-refractivity contribution in [2.75, 3.05) is 17.3 Å². The van der Waals surface area contributed by atoms with Gasteiger partial charge >= 0.3 is 0 Å². The highest BCUT2D eigenvalue weighted by atomic mass is 16.1. The molecule has 0 aliphatic heterocycles. The number of hydrazine groups is 1. The van der Waals surface area contributed by atoms with E-state index >= 15 is 0 Å². The topological polar surface area (TPSA) is 123 Å². The highest BCUT2D eigenvalue weighted by Gasteiger charge is 2.07. The molecule has 8 nitrogen and oxygen atoms in total. The molecule has 84 valence electrons. The van der Waals surface area contributed by atoms with Gasteiger partial charge in [-0.15, -0.1) is 0 Å². The highest BCUT2D eigenvalue weighted by Crippen LogP contribution is 2.15. The first kappa shape index (κ1) is 10.2. The van der Waals surface area contributed by atoms with Crippen molar-refractivity contribution in [3.63, 3.8) is 0 Å². The molecule has 0 saturated carbocycles. The average Bonchev–Trinajstić information content (AvgIpc) is 2.73. The van der Waals surface area contributed by atoms with Crippen LogP contribution in [0.2, 0.25) is 0 Å². The number of hydrogen-bond donors (Lipinski definition) is 4. The maximum Gasteiger partial charge on any atom is 0.236 e. The maximum atomic E-state index is 10.7. The van der Waals surface area contributed by atoms with Gasteiger partial charge in [0.05, 0.1) is 12.7 Å². The highest BCUT2D eigenvalue weighted by molar-refractivity contribution is 5.80. The number of aromatic nitrogens is 3. The number of amides is 1. The fraction of sp³-hybridized carbons (Fsp3) is 0.125. The summed E-state index contributed by atoms with van der Waals surface area (Å²) in [5.41, 5.74) is 8.05. The van der Waals surface area contributed by atoms with Gasteiger partial charge in [0, 0.05) is 12.4 Å². The van der Waals surface area contributed by atoms with Crippen LogP contribution in [-0.2, 0) is 4.79 Å². The Hall–Kier alpha value is -2.35. The summed E-state index contributed by atoms with van der Waals surface area (Å²) in [6, 6.07) is 0. The van der Waals surface area contributed by atoms with Crippen molar-refractivity contribution in [1.29, 1.82) is 0 Å². The van der Waals surface area contributed by atoms with E-state index in [-0.39, 0.29) is 6.54 Å². The summed E-state index contributed by atoms with van der Waals surface area (Å²) in [5.74, 6) is 5.69. The molecule has 0 bridgehead atoms. The Bertz CT molecular complexity index is 520. The second kappa shape index (κ2) is 4.03. The first-order valence-electron chi connectivity index (χ1n) is 4.53. The van der Waals surface area contributed by atoms with Crippen molar-refractivity contribution in [3.05, 3.63) is 18.6 Å². The Morgan fingerprint density at radius 3 is 3.06 bits per heavy atom. The van der Waals surface area contributed by atoms with Gasteiger partial charge in [-0.25, -0.2) is 15.8 Å². The summed E-state index contributed by atoms with van der Waals surface area (Å²) >= 11 is 0. The van der Waals surface area contributed by atoms with Crippen LogP contribution in [0.4, 0.5) is 11.6 Å². The Labute approximate surface area is 90.6 Å². The molecule has 2 aromatic rings. The normalized spacial score (nSPS) is 10.3. The third-order valence-corrected chi connectivity index (χ3v) is 1.95. The lowest BCUT2D eigenvalue weighted by molar-refractivity contribution is -0.116. The lowest BCUT2D eigenvalue weighted by atomic mass is 10.5. The predicted molar refractivity (Wildman–Crippen MR) is 58.5 cm³/mol. The molecule has 0 atom stereocenters. The van der Waals surface area contributed by atoms with Crippen LogP contribution < -0.4 is 22.3 Å². The standard InChI is InChI=1S/C8H11N7O/c9-5(16)3-12-7-8-11-1-2-15(8)4-6(13-7)14-10/h1-2,4,14H,3,10H2,(H2,9,16)(H,12,13). The molecule has 2 aromatic heterocycles. The van der Waals surface area contributed by atoms with Gasteiger partial charge in [-0.05, 0) is 0 Å². The third-order valence-electron chi connectivity index (χ3n) is 1.95. The number of hydrogen-bond acceptors (Lipinski definition) is 6.